The molecule has 0 saturated carbocycles. The first kappa shape index (κ1) is 14.6. The molecule has 1 heterocycles. The van der Waals surface area contributed by atoms with E-state index in [1.807, 2.05) is 49.7 Å². The van der Waals surface area contributed by atoms with E-state index in [0.29, 0.717) is 6.61 Å². The second kappa shape index (κ2) is 6.09. The SMILES string of the molecule is CCOc1ccc(-n2nc(C)c(CC(C)N)c2C)cc1. The molecule has 1 aromatic carbocycles. The van der Waals surface area contributed by atoms with Crippen LogP contribution in [0.3, 0.4) is 0 Å². The van der Waals surface area contributed by atoms with E-state index < -0.39 is 0 Å². The molecule has 4 nitrogen and oxygen atoms in total. The van der Waals surface area contributed by atoms with E-state index in [1.165, 1.54) is 5.56 Å². The van der Waals surface area contributed by atoms with E-state index in [2.05, 4.69) is 12.0 Å². The van der Waals surface area contributed by atoms with Gasteiger partial charge in [0.15, 0.2) is 0 Å². The van der Waals surface area contributed by atoms with Gasteiger partial charge in [-0.25, -0.2) is 4.68 Å². The van der Waals surface area contributed by atoms with Crippen LogP contribution >= 0.6 is 0 Å². The third-order valence-electron chi connectivity index (χ3n) is 3.36. The lowest BCUT2D eigenvalue weighted by molar-refractivity contribution is 0.340. The van der Waals surface area contributed by atoms with Gasteiger partial charge in [0, 0.05) is 11.7 Å². The van der Waals surface area contributed by atoms with Crippen LogP contribution in [0.2, 0.25) is 0 Å². The molecule has 108 valence electrons. The number of nitrogens with zero attached hydrogens (tertiary/aromatic N) is 2. The molecule has 0 saturated heterocycles. The van der Waals surface area contributed by atoms with Crippen LogP contribution in [0.5, 0.6) is 5.75 Å². The van der Waals surface area contributed by atoms with Gasteiger partial charge >= 0.3 is 0 Å². The van der Waals surface area contributed by atoms with Gasteiger partial charge in [0.1, 0.15) is 5.75 Å². The molecule has 0 bridgehead atoms. The van der Waals surface area contributed by atoms with Gasteiger partial charge in [-0.05, 0) is 63.9 Å². The highest BCUT2D eigenvalue weighted by molar-refractivity contribution is 5.40. The molecule has 2 N–H and O–H groups in total. The van der Waals surface area contributed by atoms with Crippen molar-refractivity contribution in [2.24, 2.45) is 5.73 Å². The van der Waals surface area contributed by atoms with Crippen LogP contribution in [-0.4, -0.2) is 22.4 Å². The number of aromatic nitrogens is 2. The summed E-state index contributed by atoms with van der Waals surface area (Å²) in [5, 5.41) is 4.63. The predicted molar refractivity (Wildman–Crippen MR) is 81.6 cm³/mol. The molecule has 0 amide bonds. The summed E-state index contributed by atoms with van der Waals surface area (Å²) in [4.78, 5) is 0. The average molecular weight is 273 g/mol. The summed E-state index contributed by atoms with van der Waals surface area (Å²) in [5.41, 5.74) is 10.4. The topological polar surface area (TPSA) is 53.1 Å². The smallest absolute Gasteiger partial charge is 0.119 e. The second-order valence-electron chi connectivity index (χ2n) is 5.17. The Morgan fingerprint density at radius 1 is 1.25 bits per heavy atom. The molecule has 0 radical (unpaired) electrons. The predicted octanol–water partition coefficient (Wildman–Crippen LogP) is 2.78. The standard InChI is InChI=1S/C16H23N3O/c1-5-20-15-8-6-14(7-9-15)19-13(4)16(10-11(2)17)12(3)18-19/h6-9,11H,5,10,17H2,1-4H3. The monoisotopic (exact) mass is 273 g/mol. The first-order chi connectivity index (χ1) is 9.52. The molecule has 0 aliphatic carbocycles. The van der Waals surface area contributed by atoms with E-state index in [-0.39, 0.29) is 6.04 Å². The Morgan fingerprint density at radius 2 is 1.90 bits per heavy atom. The van der Waals surface area contributed by atoms with E-state index in [9.17, 15) is 0 Å². The normalized spacial score (nSPS) is 12.4. The Labute approximate surface area is 120 Å². The van der Waals surface area contributed by atoms with E-state index in [0.717, 1.165) is 29.2 Å². The van der Waals surface area contributed by atoms with Gasteiger partial charge in [-0.2, -0.15) is 5.10 Å². The highest BCUT2D eigenvalue weighted by atomic mass is 16.5. The van der Waals surface area contributed by atoms with E-state index >= 15 is 0 Å². The lowest BCUT2D eigenvalue weighted by Gasteiger charge is -2.08. The largest absolute Gasteiger partial charge is 0.494 e. The average Bonchev–Trinajstić information content (AvgIpc) is 2.68. The van der Waals surface area contributed by atoms with Crippen molar-refractivity contribution in [2.75, 3.05) is 6.61 Å². The third kappa shape index (κ3) is 3.02. The number of rotatable bonds is 5. The van der Waals surface area contributed by atoms with Gasteiger partial charge in [0.05, 0.1) is 18.0 Å². The molecular weight excluding hydrogens is 250 g/mol. The summed E-state index contributed by atoms with van der Waals surface area (Å²) in [5.74, 6) is 0.883. The van der Waals surface area contributed by atoms with Gasteiger partial charge < -0.3 is 10.5 Å². The number of nitrogens with two attached hydrogens (primary N) is 1. The first-order valence-electron chi connectivity index (χ1n) is 7.06. The quantitative estimate of drug-likeness (QED) is 0.911. The van der Waals surface area contributed by atoms with Crippen LogP contribution in [-0.2, 0) is 6.42 Å². The van der Waals surface area contributed by atoms with Gasteiger partial charge in [0.25, 0.3) is 0 Å². The van der Waals surface area contributed by atoms with Gasteiger partial charge in [-0.15, -0.1) is 0 Å². The maximum atomic E-state index is 5.91. The van der Waals surface area contributed by atoms with Crippen molar-refractivity contribution in [3.63, 3.8) is 0 Å². The fraction of sp³-hybridized carbons (Fsp3) is 0.438. The lowest BCUT2D eigenvalue weighted by Crippen LogP contribution is -2.18. The Kier molecular flexibility index (Phi) is 4.45. The lowest BCUT2D eigenvalue weighted by atomic mass is 10.1. The first-order valence-corrected chi connectivity index (χ1v) is 7.06. The highest BCUT2D eigenvalue weighted by Crippen LogP contribution is 2.21. The molecule has 0 spiro atoms. The molecule has 1 unspecified atom stereocenters. The summed E-state index contributed by atoms with van der Waals surface area (Å²) < 4.78 is 7.44. The van der Waals surface area contributed by atoms with Crippen molar-refractivity contribution >= 4 is 0 Å². The van der Waals surface area contributed by atoms with Crippen molar-refractivity contribution < 1.29 is 4.74 Å². The molecule has 1 aromatic heterocycles. The molecule has 0 fully saturated rings. The number of hydrogen-bond donors (Lipinski definition) is 1. The minimum Gasteiger partial charge on any atom is -0.494 e. The summed E-state index contributed by atoms with van der Waals surface area (Å²) in [6, 6.07) is 8.15. The molecule has 2 rings (SSSR count). The number of ether oxygens (including phenoxy) is 1. The minimum atomic E-state index is 0.144. The van der Waals surface area contributed by atoms with Gasteiger partial charge in [0.2, 0.25) is 0 Å². The molecule has 20 heavy (non-hydrogen) atoms. The summed E-state index contributed by atoms with van der Waals surface area (Å²) in [6.07, 6.45) is 0.856. The summed E-state index contributed by atoms with van der Waals surface area (Å²) in [6.45, 7) is 8.81. The Hall–Kier alpha value is -1.81. The molecule has 2 aromatic rings. The van der Waals surface area contributed by atoms with E-state index in [1.54, 1.807) is 0 Å². The Bertz CT molecular complexity index is 570. The molecule has 0 aliphatic heterocycles. The zero-order valence-electron chi connectivity index (χ0n) is 12.7. The number of hydrogen-bond acceptors (Lipinski definition) is 3. The van der Waals surface area contributed by atoms with Crippen molar-refractivity contribution in [3.05, 3.63) is 41.2 Å². The van der Waals surface area contributed by atoms with Crippen LogP contribution in [0.1, 0.15) is 30.8 Å². The Balaban J connectivity index is 2.33. The van der Waals surface area contributed by atoms with Crippen molar-refractivity contribution in [1.82, 2.24) is 9.78 Å². The highest BCUT2D eigenvalue weighted by Gasteiger charge is 2.13. The Morgan fingerprint density at radius 3 is 2.45 bits per heavy atom. The zero-order valence-corrected chi connectivity index (χ0v) is 12.7. The molecule has 0 aliphatic rings. The van der Waals surface area contributed by atoms with Crippen molar-refractivity contribution in [1.29, 1.82) is 0 Å². The minimum absolute atomic E-state index is 0.144. The maximum Gasteiger partial charge on any atom is 0.119 e. The molecule has 1 atom stereocenters. The summed E-state index contributed by atoms with van der Waals surface area (Å²) >= 11 is 0. The van der Waals surface area contributed by atoms with Crippen molar-refractivity contribution in [2.45, 2.75) is 40.2 Å². The number of benzene rings is 1. The van der Waals surface area contributed by atoms with Crippen LogP contribution < -0.4 is 10.5 Å². The van der Waals surface area contributed by atoms with Crippen molar-refractivity contribution in [3.8, 4) is 11.4 Å². The van der Waals surface area contributed by atoms with Crippen LogP contribution in [0, 0.1) is 13.8 Å². The van der Waals surface area contributed by atoms with Gasteiger partial charge in [-0.3, -0.25) is 0 Å². The second-order valence-corrected chi connectivity index (χ2v) is 5.17. The molecule has 4 heteroatoms. The zero-order chi connectivity index (χ0) is 14.7. The maximum absolute atomic E-state index is 5.91. The van der Waals surface area contributed by atoms with Gasteiger partial charge in [-0.1, -0.05) is 0 Å². The van der Waals surface area contributed by atoms with Crippen LogP contribution in [0.15, 0.2) is 24.3 Å². The summed E-state index contributed by atoms with van der Waals surface area (Å²) in [7, 11) is 0. The third-order valence-corrected chi connectivity index (χ3v) is 3.36. The fourth-order valence-electron chi connectivity index (χ4n) is 2.39. The van der Waals surface area contributed by atoms with Crippen LogP contribution in [0.25, 0.3) is 5.69 Å². The molecular formula is C16H23N3O. The number of aryl methyl sites for hydroxylation is 1. The fourth-order valence-corrected chi connectivity index (χ4v) is 2.39. The van der Waals surface area contributed by atoms with Crippen LogP contribution in [0.4, 0.5) is 0 Å². The van der Waals surface area contributed by atoms with E-state index in [4.69, 9.17) is 10.5 Å².